The highest BCUT2D eigenvalue weighted by Crippen LogP contribution is 2.66. The molecule has 140 valence electrons. The first-order chi connectivity index (χ1) is 12.4. The smallest absolute Gasteiger partial charge is 0.171 e. The van der Waals surface area contributed by atoms with Crippen molar-refractivity contribution in [2.75, 3.05) is 0 Å². The molecule has 5 aliphatic rings. The Balaban J connectivity index is 1.44. The third-order valence-corrected chi connectivity index (χ3v) is 7.75. The van der Waals surface area contributed by atoms with Crippen molar-refractivity contribution in [1.82, 2.24) is 0 Å². The summed E-state index contributed by atoms with van der Waals surface area (Å²) in [4.78, 5) is 5.86. The molecule has 1 saturated heterocycles. The van der Waals surface area contributed by atoms with E-state index in [-0.39, 0.29) is 30.0 Å². The molecule has 2 aliphatic heterocycles. The van der Waals surface area contributed by atoms with Crippen LogP contribution in [0.15, 0.2) is 35.5 Å². The molecule has 4 heteroatoms. The Kier molecular flexibility index (Phi) is 3.58. The standard InChI is InChI=1S/C22H29NO3/c1-5-15-18(19(26-23-15)13-9-7-6-8-10-13)20-24-17-12-14-11-16(21(14,2)3)22(17,4)25-20/h6-10,14,16-20H,5,11-12H2,1-4H3/t14-,16-,17+,18+,19-,20+,22-/m1/s1. The second-order valence-corrected chi connectivity index (χ2v) is 9.24. The molecule has 3 aliphatic carbocycles. The van der Waals surface area contributed by atoms with Crippen LogP contribution in [0.4, 0.5) is 0 Å². The molecule has 4 fully saturated rings. The maximum Gasteiger partial charge on any atom is 0.171 e. The predicted octanol–water partition coefficient (Wildman–Crippen LogP) is 4.71. The molecule has 26 heavy (non-hydrogen) atoms. The van der Waals surface area contributed by atoms with Crippen molar-refractivity contribution in [3.63, 3.8) is 0 Å². The van der Waals surface area contributed by atoms with E-state index in [1.54, 1.807) is 0 Å². The molecule has 0 amide bonds. The van der Waals surface area contributed by atoms with E-state index in [0.717, 1.165) is 30.0 Å². The van der Waals surface area contributed by atoms with Gasteiger partial charge in [-0.1, -0.05) is 56.3 Å². The first-order valence-corrected chi connectivity index (χ1v) is 10.1. The van der Waals surface area contributed by atoms with Gasteiger partial charge in [0.15, 0.2) is 12.4 Å². The Labute approximate surface area is 155 Å². The highest BCUT2D eigenvalue weighted by molar-refractivity contribution is 5.88. The van der Waals surface area contributed by atoms with Crippen molar-refractivity contribution < 1.29 is 14.3 Å². The van der Waals surface area contributed by atoms with E-state index in [4.69, 9.17) is 14.3 Å². The van der Waals surface area contributed by atoms with Crippen LogP contribution < -0.4 is 0 Å². The number of hydrogen-bond acceptors (Lipinski definition) is 4. The largest absolute Gasteiger partial charge is 0.387 e. The van der Waals surface area contributed by atoms with Crippen molar-refractivity contribution in [3.8, 4) is 0 Å². The molecular formula is C22H29NO3. The minimum absolute atomic E-state index is 0.0325. The second kappa shape index (κ2) is 5.56. The molecule has 0 unspecified atom stereocenters. The zero-order chi connectivity index (χ0) is 18.1. The Morgan fingerprint density at radius 3 is 2.58 bits per heavy atom. The average molecular weight is 355 g/mol. The normalized spacial score (nSPS) is 45.5. The molecule has 2 heterocycles. The van der Waals surface area contributed by atoms with Gasteiger partial charge in [-0.25, -0.2) is 0 Å². The van der Waals surface area contributed by atoms with Crippen LogP contribution in [0.25, 0.3) is 0 Å². The maximum absolute atomic E-state index is 6.72. The second-order valence-electron chi connectivity index (χ2n) is 9.24. The zero-order valence-electron chi connectivity index (χ0n) is 16.1. The Morgan fingerprint density at radius 2 is 1.88 bits per heavy atom. The lowest BCUT2D eigenvalue weighted by Gasteiger charge is -2.63. The van der Waals surface area contributed by atoms with Crippen molar-refractivity contribution in [3.05, 3.63) is 35.9 Å². The first-order valence-electron chi connectivity index (χ1n) is 10.1. The average Bonchev–Trinajstić information content (AvgIpc) is 3.21. The Morgan fingerprint density at radius 1 is 1.12 bits per heavy atom. The molecule has 0 aromatic heterocycles. The third kappa shape index (κ3) is 2.12. The molecule has 0 N–H and O–H groups in total. The molecule has 0 spiro atoms. The van der Waals surface area contributed by atoms with Gasteiger partial charge in [0, 0.05) is 0 Å². The van der Waals surface area contributed by atoms with E-state index in [1.807, 2.05) is 6.07 Å². The highest BCUT2D eigenvalue weighted by atomic mass is 16.7. The SMILES string of the molecule is CCC1=NO[C@H](c2ccccc2)[C@H]1[C@H]1O[C@H]2C[C@H]3C[C@H](C3(C)C)[C@@]2(C)O1. The molecule has 4 nitrogen and oxygen atoms in total. The van der Waals surface area contributed by atoms with Crippen LogP contribution in [0.2, 0.25) is 0 Å². The fourth-order valence-corrected chi connectivity index (χ4v) is 5.99. The summed E-state index contributed by atoms with van der Waals surface area (Å²) in [6, 6.07) is 10.3. The van der Waals surface area contributed by atoms with Crippen molar-refractivity contribution in [2.45, 2.75) is 71.1 Å². The van der Waals surface area contributed by atoms with Gasteiger partial charge in [0.1, 0.15) is 0 Å². The molecular weight excluding hydrogens is 326 g/mol. The fourth-order valence-electron chi connectivity index (χ4n) is 5.99. The summed E-state index contributed by atoms with van der Waals surface area (Å²) in [6.45, 7) is 9.20. The summed E-state index contributed by atoms with van der Waals surface area (Å²) in [5.41, 5.74) is 2.36. The number of benzene rings is 1. The van der Waals surface area contributed by atoms with E-state index < -0.39 is 0 Å². The van der Waals surface area contributed by atoms with Gasteiger partial charge in [-0.15, -0.1) is 0 Å². The van der Waals surface area contributed by atoms with Crippen LogP contribution in [0, 0.1) is 23.2 Å². The van der Waals surface area contributed by atoms with Crippen LogP contribution in [0.3, 0.4) is 0 Å². The first kappa shape index (κ1) is 16.8. The van der Waals surface area contributed by atoms with Crippen molar-refractivity contribution in [1.29, 1.82) is 0 Å². The minimum atomic E-state index is -0.272. The molecule has 1 aromatic carbocycles. The van der Waals surface area contributed by atoms with Crippen LogP contribution in [0.5, 0.6) is 0 Å². The van der Waals surface area contributed by atoms with Crippen molar-refractivity contribution >= 4 is 5.71 Å². The lowest BCUT2D eigenvalue weighted by molar-refractivity contribution is -0.212. The lowest BCUT2D eigenvalue weighted by atomic mass is 9.43. The highest BCUT2D eigenvalue weighted by Gasteiger charge is 2.68. The Bertz CT molecular complexity index is 730. The number of nitrogens with zero attached hydrogens (tertiary/aromatic N) is 1. The topological polar surface area (TPSA) is 40.0 Å². The molecule has 0 radical (unpaired) electrons. The Hall–Kier alpha value is -1.39. The molecule has 7 atom stereocenters. The van der Waals surface area contributed by atoms with E-state index >= 15 is 0 Å². The summed E-state index contributed by atoms with van der Waals surface area (Å²) in [7, 11) is 0. The van der Waals surface area contributed by atoms with Gasteiger partial charge in [0.2, 0.25) is 0 Å². The van der Waals surface area contributed by atoms with E-state index in [1.165, 1.54) is 6.42 Å². The fraction of sp³-hybridized carbons (Fsp3) is 0.682. The van der Waals surface area contributed by atoms with Crippen LogP contribution in [0.1, 0.15) is 58.6 Å². The summed E-state index contributed by atoms with van der Waals surface area (Å²) in [5, 5.41) is 4.39. The third-order valence-electron chi connectivity index (χ3n) is 7.75. The monoisotopic (exact) mass is 355 g/mol. The van der Waals surface area contributed by atoms with Crippen LogP contribution >= 0.6 is 0 Å². The molecule has 2 bridgehead atoms. The van der Waals surface area contributed by atoms with E-state index in [9.17, 15) is 0 Å². The predicted molar refractivity (Wildman–Crippen MR) is 99.6 cm³/mol. The number of rotatable bonds is 3. The quantitative estimate of drug-likeness (QED) is 0.788. The minimum Gasteiger partial charge on any atom is -0.387 e. The lowest BCUT2D eigenvalue weighted by Crippen LogP contribution is -2.65. The summed E-state index contributed by atoms with van der Waals surface area (Å²) < 4.78 is 13.3. The molecule has 1 aromatic rings. The van der Waals surface area contributed by atoms with Gasteiger partial charge in [0.05, 0.1) is 23.3 Å². The van der Waals surface area contributed by atoms with Gasteiger partial charge in [-0.2, -0.15) is 0 Å². The van der Waals surface area contributed by atoms with Gasteiger partial charge in [0.25, 0.3) is 0 Å². The van der Waals surface area contributed by atoms with E-state index in [2.05, 4.69) is 57.1 Å². The summed E-state index contributed by atoms with van der Waals surface area (Å²) in [5.74, 6) is 1.37. The summed E-state index contributed by atoms with van der Waals surface area (Å²) >= 11 is 0. The van der Waals surface area contributed by atoms with Gasteiger partial charge >= 0.3 is 0 Å². The van der Waals surface area contributed by atoms with Gasteiger partial charge in [-0.05, 0) is 49.0 Å². The summed E-state index contributed by atoms with van der Waals surface area (Å²) in [6.07, 6.45) is 3.04. The molecule has 3 saturated carbocycles. The van der Waals surface area contributed by atoms with Crippen LogP contribution in [-0.2, 0) is 14.3 Å². The maximum atomic E-state index is 6.72. The zero-order valence-corrected chi connectivity index (χ0v) is 16.1. The number of ether oxygens (including phenoxy) is 2. The number of hydrogen-bond donors (Lipinski definition) is 0. The van der Waals surface area contributed by atoms with Crippen LogP contribution in [-0.4, -0.2) is 23.7 Å². The van der Waals surface area contributed by atoms with Gasteiger partial charge < -0.3 is 14.3 Å². The van der Waals surface area contributed by atoms with Crippen molar-refractivity contribution in [2.24, 2.45) is 28.3 Å². The molecule has 6 rings (SSSR count). The number of oxime groups is 1. The van der Waals surface area contributed by atoms with E-state index in [0.29, 0.717) is 11.3 Å². The van der Waals surface area contributed by atoms with Gasteiger partial charge in [-0.3, -0.25) is 0 Å².